The van der Waals surface area contributed by atoms with E-state index in [1.807, 2.05) is 106 Å². The van der Waals surface area contributed by atoms with E-state index in [1.165, 1.54) is 5.56 Å². The topological polar surface area (TPSA) is 67.2 Å². The molecule has 0 aliphatic heterocycles. The highest BCUT2D eigenvalue weighted by molar-refractivity contribution is 5.99. The molecule has 0 radical (unpaired) electrons. The van der Waals surface area contributed by atoms with Gasteiger partial charge in [0.2, 0.25) is 11.9 Å². The van der Waals surface area contributed by atoms with Gasteiger partial charge in [-0.05, 0) is 51.0 Å². The summed E-state index contributed by atoms with van der Waals surface area (Å²) in [4.78, 5) is 32.9. The van der Waals surface area contributed by atoms with E-state index in [-0.39, 0.29) is 24.3 Å². The van der Waals surface area contributed by atoms with E-state index in [0.29, 0.717) is 18.1 Å². The highest BCUT2D eigenvalue weighted by Crippen LogP contribution is 2.25. The lowest BCUT2D eigenvalue weighted by atomic mass is 10.1. The molecule has 4 aromatic rings. The number of hydrogen-bond donors (Lipinski definition) is 1. The standard InChI is InChI=1S/C31H34N4O2/c1-21(2)18-34(30(37)26-14-8-23(4)9-15-26)20-29(36)33-31-32-28(25-12-6-22(3)7-13-25)19-35(31)27-16-10-24(5)11-17-27/h6-17,19,21H,18,20H2,1-5H3,(H,32,33,36). The number of amides is 2. The fourth-order valence-electron chi connectivity index (χ4n) is 4.11. The minimum absolute atomic E-state index is 0.0640. The maximum atomic E-state index is 13.3. The Hall–Kier alpha value is -4.19. The van der Waals surface area contributed by atoms with Gasteiger partial charge >= 0.3 is 0 Å². The molecular formula is C31H34N4O2. The van der Waals surface area contributed by atoms with Gasteiger partial charge in [0.15, 0.2) is 0 Å². The molecule has 0 aliphatic rings. The number of rotatable bonds is 8. The molecule has 1 N–H and O–H groups in total. The molecule has 3 aromatic carbocycles. The number of nitrogens with one attached hydrogen (secondary N) is 1. The quantitative estimate of drug-likeness (QED) is 0.317. The van der Waals surface area contributed by atoms with E-state index in [0.717, 1.165) is 28.1 Å². The molecule has 1 heterocycles. The first-order valence-electron chi connectivity index (χ1n) is 12.6. The van der Waals surface area contributed by atoms with Crippen LogP contribution in [0.3, 0.4) is 0 Å². The molecule has 0 bridgehead atoms. The lowest BCUT2D eigenvalue weighted by Gasteiger charge is -2.24. The second-order valence-electron chi connectivity index (χ2n) is 10.0. The highest BCUT2D eigenvalue weighted by atomic mass is 16.2. The van der Waals surface area contributed by atoms with Crippen LogP contribution in [0.25, 0.3) is 16.9 Å². The maximum absolute atomic E-state index is 13.3. The summed E-state index contributed by atoms with van der Waals surface area (Å²) < 4.78 is 1.88. The lowest BCUT2D eigenvalue weighted by molar-refractivity contribution is -0.117. The number of aromatic nitrogens is 2. The van der Waals surface area contributed by atoms with Gasteiger partial charge in [0.05, 0.1) is 5.69 Å². The van der Waals surface area contributed by atoms with Gasteiger partial charge in [-0.25, -0.2) is 4.98 Å². The molecule has 37 heavy (non-hydrogen) atoms. The molecule has 6 heteroatoms. The molecule has 0 saturated heterocycles. The number of aryl methyl sites for hydroxylation is 3. The Morgan fingerprint density at radius 2 is 1.38 bits per heavy atom. The normalized spacial score (nSPS) is 11.0. The van der Waals surface area contributed by atoms with Crippen LogP contribution in [-0.4, -0.2) is 39.4 Å². The summed E-state index contributed by atoms with van der Waals surface area (Å²) in [6, 6.07) is 23.6. The molecule has 1 aromatic heterocycles. The molecule has 0 atom stereocenters. The zero-order valence-electron chi connectivity index (χ0n) is 22.2. The molecular weight excluding hydrogens is 460 g/mol. The molecule has 0 spiro atoms. The van der Waals surface area contributed by atoms with E-state index in [2.05, 4.69) is 5.32 Å². The lowest BCUT2D eigenvalue weighted by Crippen LogP contribution is -2.40. The van der Waals surface area contributed by atoms with Crippen molar-refractivity contribution in [2.45, 2.75) is 34.6 Å². The number of hydrogen-bond acceptors (Lipinski definition) is 3. The summed E-state index contributed by atoms with van der Waals surface area (Å²) in [5, 5.41) is 2.96. The Balaban J connectivity index is 1.61. The average molecular weight is 495 g/mol. The minimum atomic E-state index is -0.296. The van der Waals surface area contributed by atoms with E-state index >= 15 is 0 Å². The number of anilines is 1. The van der Waals surface area contributed by atoms with Crippen molar-refractivity contribution in [2.24, 2.45) is 5.92 Å². The van der Waals surface area contributed by atoms with Gasteiger partial charge in [0.1, 0.15) is 6.54 Å². The van der Waals surface area contributed by atoms with Crippen LogP contribution in [0, 0.1) is 26.7 Å². The van der Waals surface area contributed by atoms with Crippen LogP contribution in [0.1, 0.15) is 40.9 Å². The van der Waals surface area contributed by atoms with Gasteiger partial charge in [-0.2, -0.15) is 0 Å². The van der Waals surface area contributed by atoms with Crippen LogP contribution < -0.4 is 5.32 Å². The third-order valence-electron chi connectivity index (χ3n) is 6.12. The Labute approximate surface area is 219 Å². The second-order valence-corrected chi connectivity index (χ2v) is 10.0. The first-order valence-corrected chi connectivity index (χ1v) is 12.6. The summed E-state index contributed by atoms with van der Waals surface area (Å²) in [6.45, 7) is 10.5. The van der Waals surface area contributed by atoms with E-state index in [9.17, 15) is 9.59 Å². The molecule has 190 valence electrons. The number of benzene rings is 3. The summed E-state index contributed by atoms with van der Waals surface area (Å²) in [5.41, 5.74) is 6.57. The minimum Gasteiger partial charge on any atom is -0.329 e. The van der Waals surface area contributed by atoms with E-state index in [1.54, 1.807) is 17.0 Å². The molecule has 6 nitrogen and oxygen atoms in total. The smallest absolute Gasteiger partial charge is 0.254 e. The number of nitrogens with zero attached hydrogens (tertiary/aromatic N) is 3. The second kappa shape index (κ2) is 11.2. The molecule has 0 saturated carbocycles. The van der Waals surface area contributed by atoms with E-state index < -0.39 is 0 Å². The predicted octanol–water partition coefficient (Wildman–Crippen LogP) is 6.20. The van der Waals surface area contributed by atoms with Crippen molar-refractivity contribution >= 4 is 17.8 Å². The Kier molecular flexibility index (Phi) is 7.87. The average Bonchev–Trinajstić information content (AvgIpc) is 3.27. The van der Waals surface area contributed by atoms with Crippen molar-refractivity contribution in [3.05, 3.63) is 101 Å². The zero-order chi connectivity index (χ0) is 26.5. The summed E-state index contributed by atoms with van der Waals surface area (Å²) >= 11 is 0. The highest BCUT2D eigenvalue weighted by Gasteiger charge is 2.22. The van der Waals surface area contributed by atoms with Crippen molar-refractivity contribution in [1.82, 2.24) is 14.5 Å². The van der Waals surface area contributed by atoms with Crippen molar-refractivity contribution in [3.8, 4) is 16.9 Å². The van der Waals surface area contributed by atoms with Crippen molar-refractivity contribution in [1.29, 1.82) is 0 Å². The maximum Gasteiger partial charge on any atom is 0.254 e. The van der Waals surface area contributed by atoms with Crippen molar-refractivity contribution < 1.29 is 9.59 Å². The van der Waals surface area contributed by atoms with Crippen LogP contribution in [0.2, 0.25) is 0 Å². The van der Waals surface area contributed by atoms with Gasteiger partial charge in [-0.15, -0.1) is 0 Å². The largest absolute Gasteiger partial charge is 0.329 e. The predicted molar refractivity (Wildman–Crippen MR) is 149 cm³/mol. The Morgan fingerprint density at radius 1 is 0.838 bits per heavy atom. The third-order valence-corrected chi connectivity index (χ3v) is 6.12. The van der Waals surface area contributed by atoms with Crippen LogP contribution >= 0.6 is 0 Å². The molecule has 0 unspecified atom stereocenters. The molecule has 0 fully saturated rings. The molecule has 2 amide bonds. The van der Waals surface area contributed by atoms with E-state index in [4.69, 9.17) is 4.98 Å². The fourth-order valence-corrected chi connectivity index (χ4v) is 4.11. The molecule has 0 aliphatic carbocycles. The Bertz CT molecular complexity index is 1370. The fraction of sp³-hybridized carbons (Fsp3) is 0.258. The van der Waals surface area contributed by atoms with Crippen LogP contribution in [0.15, 0.2) is 79.0 Å². The van der Waals surface area contributed by atoms with Gasteiger partial charge in [-0.1, -0.05) is 79.1 Å². The first-order chi connectivity index (χ1) is 17.7. The number of carbonyl (C=O) groups excluding carboxylic acids is 2. The Morgan fingerprint density at radius 3 is 1.95 bits per heavy atom. The third kappa shape index (κ3) is 6.53. The van der Waals surface area contributed by atoms with Crippen LogP contribution in [0.5, 0.6) is 0 Å². The summed E-state index contributed by atoms with van der Waals surface area (Å²) in [6.07, 6.45) is 1.92. The van der Waals surface area contributed by atoms with Gasteiger partial charge < -0.3 is 4.90 Å². The zero-order valence-corrected chi connectivity index (χ0v) is 22.2. The van der Waals surface area contributed by atoms with Crippen molar-refractivity contribution in [2.75, 3.05) is 18.4 Å². The van der Waals surface area contributed by atoms with Crippen LogP contribution in [-0.2, 0) is 4.79 Å². The van der Waals surface area contributed by atoms with Gasteiger partial charge in [0.25, 0.3) is 5.91 Å². The van der Waals surface area contributed by atoms with Crippen molar-refractivity contribution in [3.63, 3.8) is 0 Å². The summed E-state index contributed by atoms with van der Waals surface area (Å²) in [7, 11) is 0. The van der Waals surface area contributed by atoms with Gasteiger partial charge in [-0.3, -0.25) is 19.5 Å². The van der Waals surface area contributed by atoms with Gasteiger partial charge in [0, 0.05) is 29.6 Å². The SMILES string of the molecule is Cc1ccc(C(=O)N(CC(=O)Nc2nc(-c3ccc(C)cc3)cn2-c2ccc(C)cc2)CC(C)C)cc1. The summed E-state index contributed by atoms with van der Waals surface area (Å²) in [5.74, 6) is 0.170. The monoisotopic (exact) mass is 494 g/mol. The van der Waals surface area contributed by atoms with Crippen LogP contribution in [0.4, 0.5) is 5.95 Å². The molecule has 4 rings (SSSR count). The first kappa shape index (κ1) is 25.9. The number of carbonyl (C=O) groups is 2. The number of imidazole rings is 1.